The maximum absolute atomic E-state index is 11.7. The van der Waals surface area contributed by atoms with Gasteiger partial charge in [0, 0.05) is 26.7 Å². The first-order valence-corrected chi connectivity index (χ1v) is 6.59. The number of nitrogens with two attached hydrogens (primary N) is 1. The fraction of sp³-hybridized carbons (Fsp3) is 1.00. The quantitative estimate of drug-likeness (QED) is 0.671. The molecule has 1 unspecified atom stereocenters. The molecule has 15 heavy (non-hydrogen) atoms. The molecule has 0 fully saturated rings. The van der Waals surface area contributed by atoms with Crippen LogP contribution in [-0.2, 0) is 14.8 Å². The summed E-state index contributed by atoms with van der Waals surface area (Å²) in [5.41, 5.74) is 5.68. The normalized spacial score (nSPS) is 14.9. The average Bonchev–Trinajstić information content (AvgIpc) is 2.01. The summed E-state index contributed by atoms with van der Waals surface area (Å²) >= 11 is 0. The van der Waals surface area contributed by atoms with E-state index in [4.69, 9.17) is 10.5 Å². The Morgan fingerprint density at radius 1 is 1.40 bits per heavy atom. The lowest BCUT2D eigenvalue weighted by Gasteiger charge is -2.21. The SMILES string of the molecule is COCC(N)CN(C)S(=O)(=O)CC(C)C. The number of hydrogen-bond acceptors (Lipinski definition) is 4. The molecule has 0 rings (SSSR count). The molecular formula is C9H22N2O3S. The predicted molar refractivity (Wildman–Crippen MR) is 61.1 cm³/mol. The molecule has 6 heteroatoms. The molecule has 0 aromatic carbocycles. The highest BCUT2D eigenvalue weighted by molar-refractivity contribution is 7.89. The van der Waals surface area contributed by atoms with E-state index in [2.05, 4.69) is 0 Å². The van der Waals surface area contributed by atoms with Crippen LogP contribution in [0.15, 0.2) is 0 Å². The van der Waals surface area contributed by atoms with E-state index >= 15 is 0 Å². The van der Waals surface area contributed by atoms with Crippen molar-refractivity contribution in [3.63, 3.8) is 0 Å². The molecule has 1 atom stereocenters. The van der Waals surface area contributed by atoms with Crippen molar-refractivity contribution >= 4 is 10.0 Å². The van der Waals surface area contributed by atoms with Gasteiger partial charge < -0.3 is 10.5 Å². The fourth-order valence-corrected chi connectivity index (χ4v) is 2.77. The summed E-state index contributed by atoms with van der Waals surface area (Å²) in [5, 5.41) is 0. The third-order valence-corrected chi connectivity index (χ3v) is 4.08. The fourth-order valence-electron chi connectivity index (χ4n) is 1.26. The summed E-state index contributed by atoms with van der Waals surface area (Å²) in [7, 11) is -0.0822. The van der Waals surface area contributed by atoms with Crippen LogP contribution in [0.4, 0.5) is 0 Å². The van der Waals surface area contributed by atoms with Crippen LogP contribution < -0.4 is 5.73 Å². The number of hydrogen-bond donors (Lipinski definition) is 1. The number of ether oxygens (including phenoxy) is 1. The van der Waals surface area contributed by atoms with E-state index < -0.39 is 10.0 Å². The maximum atomic E-state index is 11.7. The zero-order valence-electron chi connectivity index (χ0n) is 9.93. The Morgan fingerprint density at radius 3 is 2.33 bits per heavy atom. The molecule has 0 saturated carbocycles. The standard InChI is InChI=1S/C9H22N2O3S/c1-8(2)7-15(12,13)11(3)5-9(10)6-14-4/h8-9H,5-7,10H2,1-4H3. The highest BCUT2D eigenvalue weighted by Crippen LogP contribution is 2.05. The minimum Gasteiger partial charge on any atom is -0.383 e. The van der Waals surface area contributed by atoms with E-state index in [0.29, 0.717) is 13.2 Å². The first kappa shape index (κ1) is 14.8. The smallest absolute Gasteiger partial charge is 0.214 e. The number of methoxy groups -OCH3 is 1. The van der Waals surface area contributed by atoms with Gasteiger partial charge in [0.15, 0.2) is 0 Å². The van der Waals surface area contributed by atoms with Gasteiger partial charge in [0.25, 0.3) is 0 Å². The summed E-state index contributed by atoms with van der Waals surface area (Å²) in [5.74, 6) is 0.277. The Bertz CT molecular complexity index is 265. The second-order valence-electron chi connectivity index (χ2n) is 4.17. The molecule has 0 aromatic rings. The monoisotopic (exact) mass is 238 g/mol. The van der Waals surface area contributed by atoms with Gasteiger partial charge in [-0.15, -0.1) is 0 Å². The second-order valence-corrected chi connectivity index (χ2v) is 6.29. The van der Waals surface area contributed by atoms with Gasteiger partial charge in [-0.2, -0.15) is 0 Å². The van der Waals surface area contributed by atoms with Crippen LogP contribution in [0, 0.1) is 5.92 Å². The van der Waals surface area contributed by atoms with E-state index in [9.17, 15) is 8.42 Å². The van der Waals surface area contributed by atoms with Crippen molar-refractivity contribution in [3.8, 4) is 0 Å². The van der Waals surface area contributed by atoms with Crippen LogP contribution in [0.25, 0.3) is 0 Å². The third-order valence-electron chi connectivity index (χ3n) is 1.89. The third kappa shape index (κ3) is 6.09. The van der Waals surface area contributed by atoms with Crippen LogP contribution in [0.1, 0.15) is 13.8 Å². The summed E-state index contributed by atoms with van der Waals surface area (Å²) in [4.78, 5) is 0. The van der Waals surface area contributed by atoms with Gasteiger partial charge in [-0.3, -0.25) is 0 Å². The Hall–Kier alpha value is -0.170. The molecular weight excluding hydrogens is 216 g/mol. The molecule has 0 aliphatic heterocycles. The Labute approximate surface area is 92.6 Å². The second kappa shape index (κ2) is 6.42. The van der Waals surface area contributed by atoms with Gasteiger partial charge in [0.1, 0.15) is 0 Å². The van der Waals surface area contributed by atoms with E-state index in [1.54, 1.807) is 14.2 Å². The lowest BCUT2D eigenvalue weighted by atomic mass is 10.3. The van der Waals surface area contributed by atoms with Gasteiger partial charge in [0.2, 0.25) is 10.0 Å². The van der Waals surface area contributed by atoms with Crippen LogP contribution in [0.2, 0.25) is 0 Å². The molecule has 0 saturated heterocycles. The highest BCUT2D eigenvalue weighted by Gasteiger charge is 2.21. The van der Waals surface area contributed by atoms with Crippen molar-refractivity contribution in [2.75, 3.05) is 33.1 Å². The minimum absolute atomic E-state index is 0.121. The number of likely N-dealkylation sites (N-methyl/N-ethyl adjacent to an activating group) is 1. The van der Waals surface area contributed by atoms with Crippen molar-refractivity contribution in [2.24, 2.45) is 11.7 Å². The molecule has 0 aliphatic carbocycles. The number of nitrogens with zero attached hydrogens (tertiary/aromatic N) is 1. The first-order chi connectivity index (χ1) is 6.79. The molecule has 0 aromatic heterocycles. The molecule has 0 bridgehead atoms. The summed E-state index contributed by atoms with van der Waals surface area (Å²) < 4.78 is 29.6. The van der Waals surface area contributed by atoms with Crippen molar-refractivity contribution in [2.45, 2.75) is 19.9 Å². The van der Waals surface area contributed by atoms with E-state index in [-0.39, 0.29) is 17.7 Å². The molecule has 5 nitrogen and oxygen atoms in total. The van der Waals surface area contributed by atoms with Crippen molar-refractivity contribution in [1.82, 2.24) is 4.31 Å². The highest BCUT2D eigenvalue weighted by atomic mass is 32.2. The zero-order chi connectivity index (χ0) is 12.1. The molecule has 0 amide bonds. The minimum atomic E-state index is -3.18. The van der Waals surface area contributed by atoms with Crippen LogP contribution in [0.5, 0.6) is 0 Å². The van der Waals surface area contributed by atoms with Crippen LogP contribution in [-0.4, -0.2) is 51.8 Å². The molecule has 0 spiro atoms. The van der Waals surface area contributed by atoms with Gasteiger partial charge in [-0.1, -0.05) is 13.8 Å². The zero-order valence-corrected chi connectivity index (χ0v) is 10.8. The van der Waals surface area contributed by atoms with Crippen molar-refractivity contribution in [1.29, 1.82) is 0 Å². The Morgan fingerprint density at radius 2 is 1.93 bits per heavy atom. The van der Waals surface area contributed by atoms with E-state index in [0.717, 1.165) is 0 Å². The molecule has 0 heterocycles. The predicted octanol–water partition coefficient (Wildman–Crippen LogP) is -0.122. The average molecular weight is 238 g/mol. The number of sulfonamides is 1. The van der Waals surface area contributed by atoms with Gasteiger partial charge in [-0.25, -0.2) is 12.7 Å². The Kier molecular flexibility index (Phi) is 6.35. The molecule has 92 valence electrons. The first-order valence-electron chi connectivity index (χ1n) is 4.98. The topological polar surface area (TPSA) is 72.6 Å². The van der Waals surface area contributed by atoms with Crippen LogP contribution in [0.3, 0.4) is 0 Å². The largest absolute Gasteiger partial charge is 0.383 e. The van der Waals surface area contributed by atoms with Gasteiger partial charge >= 0.3 is 0 Å². The van der Waals surface area contributed by atoms with E-state index in [1.807, 2.05) is 13.8 Å². The van der Waals surface area contributed by atoms with E-state index in [1.165, 1.54) is 4.31 Å². The molecule has 2 N–H and O–H groups in total. The summed E-state index contributed by atoms with van der Waals surface area (Å²) in [6.07, 6.45) is 0. The maximum Gasteiger partial charge on any atom is 0.214 e. The van der Waals surface area contributed by atoms with Gasteiger partial charge in [-0.05, 0) is 5.92 Å². The molecule has 0 aliphatic rings. The van der Waals surface area contributed by atoms with Crippen molar-refractivity contribution in [3.05, 3.63) is 0 Å². The summed E-state index contributed by atoms with van der Waals surface area (Å²) in [6.45, 7) is 4.41. The Balaban J connectivity index is 4.25. The van der Waals surface area contributed by atoms with Crippen molar-refractivity contribution < 1.29 is 13.2 Å². The summed E-state index contributed by atoms with van der Waals surface area (Å²) in [6, 6.07) is -0.276. The van der Waals surface area contributed by atoms with Crippen LogP contribution >= 0.6 is 0 Å². The molecule has 0 radical (unpaired) electrons. The van der Waals surface area contributed by atoms with Gasteiger partial charge in [0.05, 0.1) is 12.4 Å². The lowest BCUT2D eigenvalue weighted by molar-refractivity contribution is 0.173. The number of rotatable bonds is 7. The lowest BCUT2D eigenvalue weighted by Crippen LogP contribution is -2.42.